The minimum absolute atomic E-state index is 0.215. The predicted molar refractivity (Wildman–Crippen MR) is 116 cm³/mol. The highest BCUT2D eigenvalue weighted by atomic mass is 16.5. The van der Waals surface area contributed by atoms with Crippen LogP contribution in [0.1, 0.15) is 60.5 Å². The number of hydrogen-bond acceptors (Lipinski definition) is 3. The van der Waals surface area contributed by atoms with E-state index in [9.17, 15) is 4.79 Å². The van der Waals surface area contributed by atoms with E-state index in [2.05, 4.69) is 36.9 Å². The third kappa shape index (κ3) is 5.23. The van der Waals surface area contributed by atoms with E-state index < -0.39 is 0 Å². The van der Waals surface area contributed by atoms with Crippen molar-refractivity contribution in [2.45, 2.75) is 52.9 Å². The number of nitrogens with zero attached hydrogens (tertiary/aromatic N) is 1. The summed E-state index contributed by atoms with van der Waals surface area (Å²) in [4.78, 5) is 14.8. The molecule has 1 aliphatic heterocycles. The minimum atomic E-state index is 0.215. The molecule has 1 fully saturated rings. The number of rotatable bonds is 8. The first kappa shape index (κ1) is 20.6. The number of carbonyl (C=O) groups excluding carboxylic acids is 1. The van der Waals surface area contributed by atoms with Crippen molar-refractivity contribution in [1.29, 1.82) is 0 Å². The number of Topliss-reactive ketones (excluding diaryl/α,β-unsaturated/α-hetero) is 1. The Morgan fingerprint density at radius 1 is 1.04 bits per heavy atom. The molecule has 3 heteroatoms. The number of likely N-dealkylation sites (tertiary alicyclic amines) is 1. The van der Waals surface area contributed by atoms with Gasteiger partial charge in [-0.15, -0.1) is 0 Å². The number of aryl methyl sites for hydroxylation is 2. The third-order valence-electron chi connectivity index (χ3n) is 5.61. The Bertz CT molecular complexity index is 806. The molecular formula is C25H33NO2. The van der Waals surface area contributed by atoms with Crippen LogP contribution in [-0.4, -0.2) is 36.9 Å². The molecule has 0 aliphatic carbocycles. The number of piperidine rings is 1. The fraction of sp³-hybridized carbons (Fsp3) is 0.480. The number of carbonyl (C=O) groups is 1. The number of hydrogen-bond donors (Lipinski definition) is 0. The van der Waals surface area contributed by atoms with Gasteiger partial charge in [0.1, 0.15) is 12.4 Å². The molecule has 0 saturated carbocycles. The summed E-state index contributed by atoms with van der Waals surface area (Å²) in [5.74, 6) is 1.16. The Hall–Kier alpha value is -2.13. The maximum atomic E-state index is 12.3. The smallest absolute Gasteiger partial charge is 0.162 e. The first-order valence-corrected chi connectivity index (χ1v) is 10.7. The quantitative estimate of drug-likeness (QED) is 0.541. The molecule has 1 saturated heterocycles. The summed E-state index contributed by atoms with van der Waals surface area (Å²) in [6.07, 6.45) is 5.45. The molecule has 3 rings (SSSR count). The summed E-state index contributed by atoms with van der Waals surface area (Å²) in [6.45, 7) is 10.4. The topological polar surface area (TPSA) is 29.5 Å². The molecule has 3 nitrogen and oxygen atoms in total. The fourth-order valence-corrected chi connectivity index (χ4v) is 4.00. The second kappa shape index (κ2) is 9.88. The summed E-state index contributed by atoms with van der Waals surface area (Å²) in [7, 11) is 0. The van der Waals surface area contributed by atoms with E-state index in [-0.39, 0.29) is 5.78 Å². The molecule has 28 heavy (non-hydrogen) atoms. The highest BCUT2D eigenvalue weighted by Gasteiger charge is 2.13. The molecule has 0 aromatic heterocycles. The van der Waals surface area contributed by atoms with Crippen LogP contribution in [0.3, 0.4) is 0 Å². The molecule has 0 bridgehead atoms. The lowest BCUT2D eigenvalue weighted by atomic mass is 9.95. The SMILES string of the molecule is CCCC(=O)c1cccc(-c2cc(OCCN3CCCCC3)c(C)cc2C)c1. The van der Waals surface area contributed by atoms with Gasteiger partial charge in [0.05, 0.1) is 0 Å². The molecule has 0 radical (unpaired) electrons. The van der Waals surface area contributed by atoms with Gasteiger partial charge in [0.15, 0.2) is 5.78 Å². The molecule has 1 heterocycles. The summed E-state index contributed by atoms with van der Waals surface area (Å²) in [5, 5.41) is 0. The van der Waals surface area contributed by atoms with Gasteiger partial charge < -0.3 is 4.74 Å². The second-order valence-electron chi connectivity index (χ2n) is 7.94. The third-order valence-corrected chi connectivity index (χ3v) is 5.61. The Labute approximate surface area is 169 Å². The number of ketones is 1. The zero-order chi connectivity index (χ0) is 19.9. The Morgan fingerprint density at radius 3 is 2.57 bits per heavy atom. The standard InChI is InChI=1S/C25H33NO2/c1-4-9-24(27)22-11-8-10-21(17-22)23-18-25(20(3)16-19(23)2)28-15-14-26-12-6-5-7-13-26/h8,10-11,16-18H,4-7,9,12-15H2,1-3H3. The van der Waals surface area contributed by atoms with Crippen molar-refractivity contribution in [2.75, 3.05) is 26.2 Å². The maximum absolute atomic E-state index is 12.3. The average molecular weight is 380 g/mol. The highest BCUT2D eigenvalue weighted by Crippen LogP contribution is 2.31. The normalized spacial score (nSPS) is 14.8. The molecule has 2 aromatic carbocycles. The molecule has 0 amide bonds. The molecular weight excluding hydrogens is 346 g/mol. The first-order valence-electron chi connectivity index (χ1n) is 10.7. The zero-order valence-electron chi connectivity index (χ0n) is 17.6. The van der Waals surface area contributed by atoms with Crippen LogP contribution in [0.4, 0.5) is 0 Å². The highest BCUT2D eigenvalue weighted by molar-refractivity contribution is 5.97. The van der Waals surface area contributed by atoms with Crippen molar-refractivity contribution in [3.8, 4) is 16.9 Å². The van der Waals surface area contributed by atoms with Crippen molar-refractivity contribution in [2.24, 2.45) is 0 Å². The van der Waals surface area contributed by atoms with Crippen LogP contribution in [0.5, 0.6) is 5.75 Å². The van der Waals surface area contributed by atoms with Gasteiger partial charge >= 0.3 is 0 Å². The monoisotopic (exact) mass is 379 g/mol. The van der Waals surface area contributed by atoms with Crippen molar-refractivity contribution in [3.63, 3.8) is 0 Å². The van der Waals surface area contributed by atoms with E-state index in [4.69, 9.17) is 4.74 Å². The largest absolute Gasteiger partial charge is 0.492 e. The van der Waals surface area contributed by atoms with Crippen LogP contribution >= 0.6 is 0 Å². The van der Waals surface area contributed by atoms with E-state index in [1.165, 1.54) is 37.9 Å². The lowest BCUT2D eigenvalue weighted by Gasteiger charge is -2.26. The lowest BCUT2D eigenvalue weighted by Crippen LogP contribution is -2.33. The van der Waals surface area contributed by atoms with Crippen LogP contribution in [0.2, 0.25) is 0 Å². The molecule has 0 N–H and O–H groups in total. The van der Waals surface area contributed by atoms with Crippen LogP contribution in [0, 0.1) is 13.8 Å². The van der Waals surface area contributed by atoms with E-state index >= 15 is 0 Å². The predicted octanol–water partition coefficient (Wildman–Crippen LogP) is 5.82. The Balaban J connectivity index is 1.75. The van der Waals surface area contributed by atoms with Gasteiger partial charge in [-0.3, -0.25) is 9.69 Å². The van der Waals surface area contributed by atoms with Crippen molar-refractivity contribution >= 4 is 5.78 Å². The second-order valence-corrected chi connectivity index (χ2v) is 7.94. The van der Waals surface area contributed by atoms with Crippen molar-refractivity contribution in [3.05, 3.63) is 53.1 Å². The number of benzene rings is 2. The number of ether oxygens (including phenoxy) is 1. The van der Waals surface area contributed by atoms with E-state index in [0.717, 1.165) is 47.6 Å². The van der Waals surface area contributed by atoms with E-state index in [1.807, 2.05) is 25.1 Å². The summed E-state index contributed by atoms with van der Waals surface area (Å²) < 4.78 is 6.16. The average Bonchev–Trinajstić information content (AvgIpc) is 2.71. The maximum Gasteiger partial charge on any atom is 0.162 e. The van der Waals surface area contributed by atoms with Crippen LogP contribution < -0.4 is 4.74 Å². The first-order chi connectivity index (χ1) is 13.6. The molecule has 2 aromatic rings. The minimum Gasteiger partial charge on any atom is -0.492 e. The molecule has 150 valence electrons. The van der Waals surface area contributed by atoms with Gasteiger partial charge in [0.2, 0.25) is 0 Å². The molecule has 0 unspecified atom stereocenters. The van der Waals surface area contributed by atoms with E-state index in [1.54, 1.807) is 0 Å². The van der Waals surface area contributed by atoms with Gasteiger partial charge in [0.25, 0.3) is 0 Å². The molecule has 0 atom stereocenters. The summed E-state index contributed by atoms with van der Waals surface area (Å²) in [6, 6.07) is 12.3. The van der Waals surface area contributed by atoms with Crippen LogP contribution in [0.15, 0.2) is 36.4 Å². The lowest BCUT2D eigenvalue weighted by molar-refractivity contribution is 0.0982. The Kier molecular flexibility index (Phi) is 7.27. The molecule has 0 spiro atoms. The van der Waals surface area contributed by atoms with Crippen LogP contribution in [0.25, 0.3) is 11.1 Å². The van der Waals surface area contributed by atoms with Gasteiger partial charge in [0, 0.05) is 18.5 Å². The van der Waals surface area contributed by atoms with Gasteiger partial charge in [-0.2, -0.15) is 0 Å². The van der Waals surface area contributed by atoms with E-state index in [0.29, 0.717) is 6.42 Å². The molecule has 1 aliphatic rings. The van der Waals surface area contributed by atoms with Gasteiger partial charge in [-0.1, -0.05) is 37.6 Å². The fourth-order valence-electron chi connectivity index (χ4n) is 4.00. The van der Waals surface area contributed by atoms with Gasteiger partial charge in [-0.05, 0) is 80.6 Å². The van der Waals surface area contributed by atoms with Gasteiger partial charge in [-0.25, -0.2) is 0 Å². The summed E-state index contributed by atoms with van der Waals surface area (Å²) >= 11 is 0. The summed E-state index contributed by atoms with van der Waals surface area (Å²) in [5.41, 5.74) is 5.40. The van der Waals surface area contributed by atoms with Crippen molar-refractivity contribution in [1.82, 2.24) is 4.90 Å². The van der Waals surface area contributed by atoms with Crippen LogP contribution in [-0.2, 0) is 0 Å². The zero-order valence-corrected chi connectivity index (χ0v) is 17.6. The Morgan fingerprint density at radius 2 is 1.82 bits per heavy atom. The van der Waals surface area contributed by atoms with Crippen molar-refractivity contribution < 1.29 is 9.53 Å².